The number of rotatable bonds is 0. The lowest BCUT2D eigenvalue weighted by Gasteiger charge is -2.78. The van der Waals surface area contributed by atoms with Crippen LogP contribution >= 0.6 is 31.9 Å². The minimum Gasteiger partial charge on any atom is -0.346 e. The predicted octanol–water partition coefficient (Wildman–Crippen LogP) is 1.72. The Morgan fingerprint density at radius 1 is 1.00 bits per heavy atom. The van der Waals surface area contributed by atoms with Gasteiger partial charge in [-0.15, -0.1) is 0 Å². The molecule has 0 amide bonds. The van der Waals surface area contributed by atoms with E-state index >= 15 is 0 Å². The molecule has 0 radical (unpaired) electrons. The van der Waals surface area contributed by atoms with Crippen molar-refractivity contribution < 1.29 is 14.3 Å². The first-order chi connectivity index (χ1) is 8.58. The maximum Gasteiger partial charge on any atom is 0.187 e. The van der Waals surface area contributed by atoms with Crippen molar-refractivity contribution in [1.29, 1.82) is 0 Å². The molecule has 0 aromatic carbocycles. The van der Waals surface area contributed by atoms with Crippen LogP contribution in [0.25, 0.3) is 0 Å². The van der Waals surface area contributed by atoms with Crippen LogP contribution in [-0.4, -0.2) is 33.4 Å². The monoisotopic (exact) mass is 374 g/mol. The number of carbonyl (C=O) groups excluding carboxylic acids is 1. The number of ether oxygens (including phenoxy) is 2. The molecule has 6 saturated carbocycles. The van der Waals surface area contributed by atoms with E-state index in [1.165, 1.54) is 0 Å². The van der Waals surface area contributed by atoms with Gasteiger partial charge in [-0.3, -0.25) is 4.79 Å². The predicted molar refractivity (Wildman–Crippen MR) is 68.5 cm³/mol. The fourth-order valence-corrected chi connectivity index (χ4v) is 9.84. The molecule has 1 saturated heterocycles. The van der Waals surface area contributed by atoms with E-state index in [1.54, 1.807) is 0 Å². The molecule has 7 fully saturated rings. The summed E-state index contributed by atoms with van der Waals surface area (Å²) in [5.41, 5.74) is 0. The van der Waals surface area contributed by atoms with Crippen LogP contribution in [0, 0.1) is 35.5 Å². The maximum atomic E-state index is 12.3. The molecule has 0 aromatic heterocycles. The molecule has 18 heavy (non-hydrogen) atoms. The standard InChI is InChI=1S/C13H12Br2O3/c14-11-5(16)3-4-6-8(11)10-9(11)7(4)13(12(6,10)15)17-1-2-18-13/h4,6-10H,1-3H2. The van der Waals surface area contributed by atoms with Crippen molar-refractivity contribution in [2.75, 3.05) is 13.2 Å². The molecular formula is C13H12Br2O3. The molecule has 1 aliphatic heterocycles. The van der Waals surface area contributed by atoms with Crippen LogP contribution in [0.3, 0.4) is 0 Å². The molecule has 7 aliphatic rings. The van der Waals surface area contributed by atoms with Crippen LogP contribution in [0.5, 0.6) is 0 Å². The number of fused-ring (bicyclic) bond motifs is 1. The Bertz CT molecular complexity index is 530. The van der Waals surface area contributed by atoms with E-state index in [0.29, 0.717) is 54.5 Å². The summed E-state index contributed by atoms with van der Waals surface area (Å²) in [7, 11) is 0. The van der Waals surface area contributed by atoms with Gasteiger partial charge < -0.3 is 9.47 Å². The zero-order valence-corrected chi connectivity index (χ0v) is 12.7. The number of hydrogen-bond acceptors (Lipinski definition) is 3. The smallest absolute Gasteiger partial charge is 0.187 e. The fourth-order valence-electron chi connectivity index (χ4n) is 6.85. The Kier molecular flexibility index (Phi) is 1.39. The van der Waals surface area contributed by atoms with E-state index in [9.17, 15) is 4.79 Å². The normalized spacial score (nSPS) is 71.8. The molecule has 5 heteroatoms. The molecule has 96 valence electrons. The highest BCUT2D eigenvalue weighted by Crippen LogP contribution is 2.94. The van der Waals surface area contributed by atoms with Crippen molar-refractivity contribution >= 4 is 37.6 Å². The summed E-state index contributed by atoms with van der Waals surface area (Å²) < 4.78 is 12.0. The number of ketones is 1. The summed E-state index contributed by atoms with van der Waals surface area (Å²) >= 11 is 7.84. The van der Waals surface area contributed by atoms with Gasteiger partial charge in [0.05, 0.1) is 21.9 Å². The van der Waals surface area contributed by atoms with Crippen molar-refractivity contribution in [3.05, 3.63) is 0 Å². The summed E-state index contributed by atoms with van der Waals surface area (Å²) in [6, 6.07) is 0. The minimum atomic E-state index is -0.412. The molecule has 1 heterocycles. The van der Waals surface area contributed by atoms with E-state index in [0.717, 1.165) is 6.42 Å². The molecule has 8 unspecified atom stereocenters. The molecule has 0 N–H and O–H groups in total. The number of alkyl halides is 2. The first-order valence-electron chi connectivity index (χ1n) is 6.77. The molecular weight excluding hydrogens is 364 g/mol. The van der Waals surface area contributed by atoms with Crippen molar-refractivity contribution in [2.24, 2.45) is 35.5 Å². The maximum absolute atomic E-state index is 12.3. The lowest BCUT2D eigenvalue weighted by atomic mass is 9.30. The van der Waals surface area contributed by atoms with Gasteiger partial charge in [-0.05, 0) is 29.6 Å². The highest BCUT2D eigenvalue weighted by molar-refractivity contribution is 9.10. The van der Waals surface area contributed by atoms with Crippen LogP contribution in [-0.2, 0) is 14.3 Å². The second-order valence-electron chi connectivity index (χ2n) is 6.82. The second kappa shape index (κ2) is 2.42. The van der Waals surface area contributed by atoms with E-state index in [-0.39, 0.29) is 8.65 Å². The zero-order chi connectivity index (χ0) is 12.1. The number of halogens is 2. The van der Waals surface area contributed by atoms with Crippen molar-refractivity contribution in [3.63, 3.8) is 0 Å². The van der Waals surface area contributed by atoms with Gasteiger partial charge in [0, 0.05) is 12.3 Å². The van der Waals surface area contributed by atoms with Crippen LogP contribution in [0.1, 0.15) is 6.42 Å². The average molecular weight is 376 g/mol. The molecule has 6 aliphatic carbocycles. The summed E-state index contributed by atoms with van der Waals surface area (Å²) in [5.74, 6) is 3.09. The van der Waals surface area contributed by atoms with Gasteiger partial charge >= 0.3 is 0 Å². The SMILES string of the molecule is O=C1CC2C3C4C5C(C2C5(Br)C32OCCO2)C14Br. The highest BCUT2D eigenvalue weighted by atomic mass is 79.9. The second-order valence-corrected chi connectivity index (χ2v) is 9.44. The number of carbonyl (C=O) groups is 1. The summed E-state index contributed by atoms with van der Waals surface area (Å²) in [4.78, 5) is 12.3. The highest BCUT2D eigenvalue weighted by Gasteiger charge is 3.01. The lowest BCUT2D eigenvalue weighted by molar-refractivity contribution is -0.225. The topological polar surface area (TPSA) is 35.5 Å². The summed E-state index contributed by atoms with van der Waals surface area (Å²) in [6.45, 7) is 1.41. The zero-order valence-electron chi connectivity index (χ0n) is 9.57. The van der Waals surface area contributed by atoms with Crippen LogP contribution in [0.2, 0.25) is 0 Å². The van der Waals surface area contributed by atoms with Crippen LogP contribution in [0.4, 0.5) is 0 Å². The van der Waals surface area contributed by atoms with Crippen molar-refractivity contribution in [2.45, 2.75) is 20.9 Å². The Hall–Kier alpha value is 0.550. The molecule has 0 aromatic rings. The molecule has 3 nitrogen and oxygen atoms in total. The van der Waals surface area contributed by atoms with E-state index < -0.39 is 5.79 Å². The summed E-state index contributed by atoms with van der Waals surface area (Å²) in [5, 5.41) is 0. The third-order valence-electron chi connectivity index (χ3n) is 6.95. The Morgan fingerprint density at radius 2 is 1.67 bits per heavy atom. The van der Waals surface area contributed by atoms with Gasteiger partial charge in [0.2, 0.25) is 0 Å². The number of hydrogen-bond donors (Lipinski definition) is 0. The quantitative estimate of drug-likeness (QED) is 0.605. The largest absolute Gasteiger partial charge is 0.346 e. The fraction of sp³-hybridized carbons (Fsp3) is 0.923. The third kappa shape index (κ3) is 0.587. The molecule has 8 atom stereocenters. The average Bonchev–Trinajstić information content (AvgIpc) is 2.90. The van der Waals surface area contributed by atoms with E-state index in [4.69, 9.17) is 9.47 Å². The van der Waals surface area contributed by atoms with Crippen LogP contribution < -0.4 is 0 Å². The number of Topliss-reactive ketones (excluding diaryl/α,β-unsaturated/α-hetero) is 1. The van der Waals surface area contributed by atoms with Gasteiger partial charge in [-0.1, -0.05) is 31.9 Å². The van der Waals surface area contributed by atoms with E-state index in [2.05, 4.69) is 31.9 Å². The van der Waals surface area contributed by atoms with Gasteiger partial charge in [0.1, 0.15) is 5.78 Å². The van der Waals surface area contributed by atoms with Crippen molar-refractivity contribution in [1.82, 2.24) is 0 Å². The summed E-state index contributed by atoms with van der Waals surface area (Å²) in [6.07, 6.45) is 0.724. The first-order valence-corrected chi connectivity index (χ1v) is 8.36. The van der Waals surface area contributed by atoms with Gasteiger partial charge in [0.25, 0.3) is 0 Å². The molecule has 7 rings (SSSR count). The Morgan fingerprint density at radius 3 is 2.39 bits per heavy atom. The molecule has 1 spiro atoms. The first kappa shape index (κ1) is 10.3. The van der Waals surface area contributed by atoms with Gasteiger partial charge in [0.15, 0.2) is 5.79 Å². The van der Waals surface area contributed by atoms with E-state index in [1.807, 2.05) is 0 Å². The van der Waals surface area contributed by atoms with Crippen LogP contribution in [0.15, 0.2) is 0 Å². The Labute approximate surface area is 121 Å². The van der Waals surface area contributed by atoms with Crippen molar-refractivity contribution in [3.8, 4) is 0 Å². The lowest BCUT2D eigenvalue weighted by Crippen LogP contribution is -2.85. The minimum absolute atomic E-state index is 0.0130. The Balaban J connectivity index is 1.64. The molecule has 4 bridgehead atoms. The van der Waals surface area contributed by atoms with Gasteiger partial charge in [-0.25, -0.2) is 0 Å². The third-order valence-corrected chi connectivity index (χ3v) is 10.1. The van der Waals surface area contributed by atoms with Gasteiger partial charge in [-0.2, -0.15) is 0 Å².